The number of aryl methyl sites for hydroxylation is 1. The van der Waals surface area contributed by atoms with E-state index in [9.17, 15) is 8.42 Å². The smallest absolute Gasteiger partial charge is 0.252 e. The van der Waals surface area contributed by atoms with Gasteiger partial charge in [-0.2, -0.15) is 4.31 Å². The van der Waals surface area contributed by atoms with Gasteiger partial charge in [-0.25, -0.2) is 18.4 Å². The molecule has 1 fully saturated rings. The largest absolute Gasteiger partial charge is 0.366 e. The van der Waals surface area contributed by atoms with Gasteiger partial charge in [-0.3, -0.25) is 9.88 Å². The van der Waals surface area contributed by atoms with Crippen molar-refractivity contribution in [1.29, 1.82) is 0 Å². The van der Waals surface area contributed by atoms with Gasteiger partial charge in [0.25, 0.3) is 10.0 Å². The lowest BCUT2D eigenvalue weighted by molar-refractivity contribution is 0.184. The second kappa shape index (κ2) is 11.0. The number of nitrogens with zero attached hydrogens (tertiary/aromatic N) is 6. The molecule has 1 aliphatic heterocycles. The number of pyridine rings is 1. The Balaban J connectivity index is 1.09. The number of thiophene rings is 1. The minimum Gasteiger partial charge on any atom is -0.366 e. The van der Waals surface area contributed by atoms with Crippen molar-refractivity contribution in [2.45, 2.75) is 24.1 Å². The molecular formula is C28H29N7O3S2. The summed E-state index contributed by atoms with van der Waals surface area (Å²) in [5, 5.41) is 8.40. The number of rotatable bonds is 8. The minimum atomic E-state index is -3.57. The molecule has 206 valence electrons. The van der Waals surface area contributed by atoms with Gasteiger partial charge in [0.15, 0.2) is 5.76 Å². The molecule has 1 atom stereocenters. The van der Waals surface area contributed by atoms with Gasteiger partial charge in [0.05, 0.1) is 16.1 Å². The fraction of sp³-hybridized carbons (Fsp3) is 0.286. The number of aromatic nitrogens is 4. The highest BCUT2D eigenvalue weighted by Crippen LogP contribution is 2.33. The monoisotopic (exact) mass is 575 g/mol. The first-order valence-electron chi connectivity index (χ1n) is 13.1. The van der Waals surface area contributed by atoms with Crippen molar-refractivity contribution in [1.82, 2.24) is 29.3 Å². The SMILES string of the molecule is Cc1cc(-c2ccc(S(=O)(=O)N3CCN(C[C@H](C)Nc4ncnc5c(-c6ccncc6)cccc45)CC3)s2)on1. The summed E-state index contributed by atoms with van der Waals surface area (Å²) in [6, 6.07) is 15.4. The van der Waals surface area contributed by atoms with Gasteiger partial charge in [0, 0.05) is 68.2 Å². The number of nitrogens with one attached hydrogen (secondary N) is 1. The van der Waals surface area contributed by atoms with Gasteiger partial charge in [-0.05, 0) is 49.7 Å². The molecule has 1 aliphatic rings. The molecule has 10 nitrogen and oxygen atoms in total. The summed E-state index contributed by atoms with van der Waals surface area (Å²) in [5.41, 5.74) is 3.73. The van der Waals surface area contributed by atoms with Crippen LogP contribution in [0.25, 0.3) is 32.7 Å². The molecule has 1 N–H and O–H groups in total. The van der Waals surface area contributed by atoms with E-state index in [4.69, 9.17) is 4.52 Å². The molecule has 5 aromatic rings. The van der Waals surface area contributed by atoms with E-state index in [0.29, 0.717) is 36.1 Å². The van der Waals surface area contributed by atoms with Crippen LogP contribution in [0, 0.1) is 6.92 Å². The normalized spacial score (nSPS) is 15.8. The topological polar surface area (TPSA) is 117 Å². The Morgan fingerprint density at radius 2 is 1.85 bits per heavy atom. The number of para-hydroxylation sites is 1. The van der Waals surface area contributed by atoms with Gasteiger partial charge >= 0.3 is 0 Å². The highest BCUT2D eigenvalue weighted by molar-refractivity contribution is 7.91. The second-order valence-corrected chi connectivity index (χ2v) is 13.1. The molecule has 4 aromatic heterocycles. The average molecular weight is 576 g/mol. The van der Waals surface area contributed by atoms with E-state index in [1.54, 1.807) is 41.2 Å². The summed E-state index contributed by atoms with van der Waals surface area (Å²) in [6.45, 7) is 6.90. The molecule has 5 heterocycles. The lowest BCUT2D eigenvalue weighted by Crippen LogP contribution is -2.50. The lowest BCUT2D eigenvalue weighted by atomic mass is 10.0. The van der Waals surface area contributed by atoms with Crippen LogP contribution < -0.4 is 5.32 Å². The fourth-order valence-electron chi connectivity index (χ4n) is 4.98. The predicted molar refractivity (Wildman–Crippen MR) is 156 cm³/mol. The zero-order chi connectivity index (χ0) is 27.7. The highest BCUT2D eigenvalue weighted by atomic mass is 32.2. The zero-order valence-electron chi connectivity index (χ0n) is 22.2. The third kappa shape index (κ3) is 5.35. The Hall–Kier alpha value is -3.71. The molecular weight excluding hydrogens is 546 g/mol. The third-order valence-corrected chi connectivity index (χ3v) is 10.4. The van der Waals surface area contributed by atoms with E-state index in [-0.39, 0.29) is 6.04 Å². The van der Waals surface area contributed by atoms with Gasteiger partial charge in [0.2, 0.25) is 0 Å². The van der Waals surface area contributed by atoms with Crippen LogP contribution in [0.2, 0.25) is 0 Å². The summed E-state index contributed by atoms with van der Waals surface area (Å²) in [6.07, 6.45) is 5.14. The zero-order valence-corrected chi connectivity index (χ0v) is 23.8. The Bertz CT molecular complexity index is 1730. The molecule has 1 saturated heterocycles. The molecule has 6 rings (SSSR count). The number of anilines is 1. The fourth-order valence-corrected chi connectivity index (χ4v) is 7.81. The van der Waals surface area contributed by atoms with Gasteiger partial charge in [0.1, 0.15) is 16.4 Å². The number of hydrogen-bond donors (Lipinski definition) is 1. The first-order valence-corrected chi connectivity index (χ1v) is 15.3. The number of benzene rings is 1. The molecule has 12 heteroatoms. The molecule has 40 heavy (non-hydrogen) atoms. The van der Waals surface area contributed by atoms with Crippen molar-refractivity contribution in [3.63, 3.8) is 0 Å². The predicted octanol–water partition coefficient (Wildman–Crippen LogP) is 4.52. The summed E-state index contributed by atoms with van der Waals surface area (Å²) >= 11 is 1.21. The maximum atomic E-state index is 13.3. The van der Waals surface area contributed by atoms with Crippen LogP contribution >= 0.6 is 11.3 Å². The molecule has 0 bridgehead atoms. The minimum absolute atomic E-state index is 0.0936. The Labute approximate surface area is 236 Å². The first-order chi connectivity index (χ1) is 19.4. The Kier molecular flexibility index (Phi) is 7.32. The van der Waals surface area contributed by atoms with Crippen LogP contribution in [0.1, 0.15) is 12.6 Å². The lowest BCUT2D eigenvalue weighted by Gasteiger charge is -2.35. The Morgan fingerprint density at radius 3 is 2.60 bits per heavy atom. The van der Waals surface area contributed by atoms with E-state index in [1.807, 2.05) is 31.2 Å². The highest BCUT2D eigenvalue weighted by Gasteiger charge is 2.30. The van der Waals surface area contributed by atoms with Crippen LogP contribution in [-0.4, -0.2) is 76.5 Å². The van der Waals surface area contributed by atoms with Crippen molar-refractivity contribution in [2.75, 3.05) is 38.0 Å². The van der Waals surface area contributed by atoms with Gasteiger partial charge in [-0.15, -0.1) is 11.3 Å². The maximum absolute atomic E-state index is 13.3. The molecule has 0 radical (unpaired) electrons. The Morgan fingerprint density at radius 1 is 1.05 bits per heavy atom. The summed E-state index contributed by atoms with van der Waals surface area (Å²) in [7, 11) is -3.57. The molecule has 0 saturated carbocycles. The van der Waals surface area contributed by atoms with Crippen molar-refractivity contribution in [3.05, 3.63) is 72.9 Å². The summed E-state index contributed by atoms with van der Waals surface area (Å²) in [5.74, 6) is 1.37. The second-order valence-electron chi connectivity index (χ2n) is 9.86. The van der Waals surface area contributed by atoms with Gasteiger partial charge in [-0.1, -0.05) is 17.3 Å². The molecule has 0 unspecified atom stereocenters. The van der Waals surface area contributed by atoms with Crippen LogP contribution in [0.5, 0.6) is 0 Å². The van der Waals surface area contributed by atoms with Gasteiger partial charge < -0.3 is 9.84 Å². The van der Waals surface area contributed by atoms with E-state index in [0.717, 1.165) is 45.0 Å². The van der Waals surface area contributed by atoms with Crippen LogP contribution in [0.4, 0.5) is 5.82 Å². The molecule has 0 aliphatic carbocycles. The first kappa shape index (κ1) is 26.5. The number of hydrogen-bond acceptors (Lipinski definition) is 10. The summed E-state index contributed by atoms with van der Waals surface area (Å²) < 4.78 is 33.8. The van der Waals surface area contributed by atoms with E-state index >= 15 is 0 Å². The third-order valence-electron chi connectivity index (χ3n) is 6.95. The standard InChI is InChI=1S/C28H29N7O3S2/c1-19-16-24(38-33-19)25-6-7-26(39-25)40(36,37)35-14-12-34(13-15-35)17-20(2)32-28-23-5-3-4-22(27(23)30-18-31-28)21-8-10-29-11-9-21/h3-11,16,18,20H,12-15,17H2,1-2H3,(H,30,31,32)/t20-/m0/s1. The number of fused-ring (bicyclic) bond motifs is 1. The van der Waals surface area contributed by atoms with Crippen molar-refractivity contribution in [3.8, 4) is 21.8 Å². The number of piperazine rings is 1. The van der Waals surface area contributed by atoms with E-state index in [1.165, 1.54) is 11.3 Å². The van der Waals surface area contributed by atoms with Crippen LogP contribution in [0.15, 0.2) is 76.0 Å². The van der Waals surface area contributed by atoms with Crippen LogP contribution in [-0.2, 0) is 10.0 Å². The molecule has 0 amide bonds. The van der Waals surface area contributed by atoms with E-state index < -0.39 is 10.0 Å². The molecule has 1 aromatic carbocycles. The van der Waals surface area contributed by atoms with Crippen molar-refractivity contribution in [2.24, 2.45) is 0 Å². The van der Waals surface area contributed by atoms with Crippen molar-refractivity contribution < 1.29 is 12.9 Å². The molecule has 0 spiro atoms. The van der Waals surface area contributed by atoms with Crippen LogP contribution in [0.3, 0.4) is 0 Å². The van der Waals surface area contributed by atoms with E-state index in [2.05, 4.69) is 43.3 Å². The number of sulfonamides is 1. The maximum Gasteiger partial charge on any atom is 0.252 e. The average Bonchev–Trinajstić information content (AvgIpc) is 3.64. The quantitative estimate of drug-likeness (QED) is 0.285. The summed E-state index contributed by atoms with van der Waals surface area (Å²) in [4.78, 5) is 16.2. The van der Waals surface area contributed by atoms with Crippen molar-refractivity contribution >= 4 is 38.1 Å².